The van der Waals surface area contributed by atoms with Gasteiger partial charge < -0.3 is 18.8 Å². The molecule has 3 rings (SSSR count). The van der Waals surface area contributed by atoms with E-state index in [4.69, 9.17) is 18.8 Å². The van der Waals surface area contributed by atoms with Crippen LogP contribution in [0.2, 0.25) is 0 Å². The van der Waals surface area contributed by atoms with Gasteiger partial charge in [0, 0.05) is 11.3 Å². The zero-order valence-electron chi connectivity index (χ0n) is 14.3. The fourth-order valence-corrected chi connectivity index (χ4v) is 2.82. The normalized spacial score (nSPS) is 21.2. The summed E-state index contributed by atoms with van der Waals surface area (Å²) in [4.78, 5) is 11.4. The Morgan fingerprint density at radius 2 is 1.67 bits per heavy atom. The van der Waals surface area contributed by atoms with Crippen LogP contribution in [-0.2, 0) is 9.31 Å². The van der Waals surface area contributed by atoms with Crippen LogP contribution in [0.25, 0.3) is 6.08 Å². The molecule has 0 unspecified atom stereocenters. The van der Waals surface area contributed by atoms with Gasteiger partial charge in [0.1, 0.15) is 0 Å². The van der Waals surface area contributed by atoms with Gasteiger partial charge in [-0.2, -0.15) is 12.6 Å². The lowest BCUT2D eigenvalue weighted by atomic mass is 9.78. The summed E-state index contributed by atoms with van der Waals surface area (Å²) in [6.45, 7) is 8.17. The van der Waals surface area contributed by atoms with Crippen LogP contribution in [0.4, 0.5) is 0 Å². The number of carbonyl (C=O) groups is 1. The van der Waals surface area contributed by atoms with E-state index in [-0.39, 0.29) is 6.79 Å². The Labute approximate surface area is 147 Å². The molecule has 1 aromatic carbocycles. The molecule has 0 amide bonds. The van der Waals surface area contributed by atoms with Crippen molar-refractivity contribution in [3.63, 3.8) is 0 Å². The molecule has 1 fully saturated rings. The number of hydrogen-bond donors (Lipinski definition) is 1. The minimum Gasteiger partial charge on any atom is -0.454 e. The van der Waals surface area contributed by atoms with Gasteiger partial charge in [0.2, 0.25) is 6.79 Å². The third-order valence-electron chi connectivity index (χ3n) is 4.78. The third kappa shape index (κ3) is 2.96. The predicted octanol–water partition coefficient (Wildman–Crippen LogP) is 3.17. The van der Waals surface area contributed by atoms with E-state index in [0.717, 1.165) is 17.3 Å². The monoisotopic (exact) mass is 348 g/mol. The second kappa shape index (κ2) is 6.13. The number of ether oxygens (including phenoxy) is 2. The average molecular weight is 348 g/mol. The van der Waals surface area contributed by atoms with Gasteiger partial charge in [-0.25, -0.2) is 0 Å². The smallest absolute Gasteiger partial charge is 0.454 e. The summed E-state index contributed by atoms with van der Waals surface area (Å²) in [5, 5.41) is 0. The zero-order valence-corrected chi connectivity index (χ0v) is 15.2. The maximum absolute atomic E-state index is 11.4. The number of carbonyl (C=O) groups excluding carboxylic acids is 1. The second-order valence-corrected chi connectivity index (χ2v) is 7.23. The average Bonchev–Trinajstić information content (AvgIpc) is 3.05. The second-order valence-electron chi connectivity index (χ2n) is 6.92. The molecule has 0 aliphatic carbocycles. The SMILES string of the molecule is CC1(C)OB(C(=Cc2cc3c(cc2C=O)OCO3)CS)OC1(C)C. The first-order valence-corrected chi connectivity index (χ1v) is 8.46. The molecule has 2 heterocycles. The molecule has 0 aromatic heterocycles. The number of aldehydes is 1. The number of rotatable bonds is 4. The van der Waals surface area contributed by atoms with E-state index in [1.165, 1.54) is 0 Å². The Kier molecular flexibility index (Phi) is 4.44. The summed E-state index contributed by atoms with van der Waals surface area (Å²) in [5.41, 5.74) is 1.24. The molecule has 0 spiro atoms. The minimum absolute atomic E-state index is 0.164. The van der Waals surface area contributed by atoms with Crippen molar-refractivity contribution < 1.29 is 23.6 Å². The Morgan fingerprint density at radius 1 is 1.12 bits per heavy atom. The third-order valence-corrected chi connectivity index (χ3v) is 5.15. The van der Waals surface area contributed by atoms with Crippen molar-refractivity contribution in [2.24, 2.45) is 0 Å². The molecule has 1 aromatic rings. The first-order valence-electron chi connectivity index (χ1n) is 7.83. The van der Waals surface area contributed by atoms with Gasteiger partial charge in [-0.15, -0.1) is 0 Å². The van der Waals surface area contributed by atoms with Crippen LogP contribution in [0.15, 0.2) is 17.6 Å². The van der Waals surface area contributed by atoms with E-state index in [0.29, 0.717) is 22.8 Å². The summed E-state index contributed by atoms with van der Waals surface area (Å²) in [6, 6.07) is 3.47. The molecular formula is C17H21BO5S. The van der Waals surface area contributed by atoms with Gasteiger partial charge in [0.25, 0.3) is 0 Å². The molecule has 0 N–H and O–H groups in total. The van der Waals surface area contributed by atoms with Gasteiger partial charge in [-0.05, 0) is 50.9 Å². The summed E-state index contributed by atoms with van der Waals surface area (Å²) in [7, 11) is -0.502. The molecule has 0 atom stereocenters. The lowest BCUT2D eigenvalue weighted by molar-refractivity contribution is 0.00578. The van der Waals surface area contributed by atoms with Crippen molar-refractivity contribution in [2.45, 2.75) is 38.9 Å². The van der Waals surface area contributed by atoms with Crippen LogP contribution < -0.4 is 9.47 Å². The van der Waals surface area contributed by atoms with Crippen LogP contribution in [0.5, 0.6) is 11.5 Å². The fourth-order valence-electron chi connectivity index (χ4n) is 2.58. The highest BCUT2D eigenvalue weighted by molar-refractivity contribution is 7.80. The van der Waals surface area contributed by atoms with Gasteiger partial charge in [0.15, 0.2) is 17.8 Å². The lowest BCUT2D eigenvalue weighted by Gasteiger charge is -2.32. The van der Waals surface area contributed by atoms with Crippen LogP contribution in [-0.4, -0.2) is 37.2 Å². The number of fused-ring (bicyclic) bond motifs is 1. The summed E-state index contributed by atoms with van der Waals surface area (Å²) < 4.78 is 22.9. The van der Waals surface area contributed by atoms with Crippen molar-refractivity contribution in [1.29, 1.82) is 0 Å². The highest BCUT2D eigenvalue weighted by Crippen LogP contribution is 2.40. The van der Waals surface area contributed by atoms with E-state index in [1.807, 2.05) is 33.8 Å². The molecular weight excluding hydrogens is 327 g/mol. The summed E-state index contributed by atoms with van der Waals surface area (Å²) >= 11 is 4.41. The molecule has 0 saturated carbocycles. The van der Waals surface area contributed by atoms with E-state index in [9.17, 15) is 4.79 Å². The highest BCUT2D eigenvalue weighted by Gasteiger charge is 2.52. The van der Waals surface area contributed by atoms with Gasteiger partial charge in [-0.3, -0.25) is 4.79 Å². The maximum atomic E-state index is 11.4. The Balaban J connectivity index is 1.96. The summed E-state index contributed by atoms with van der Waals surface area (Å²) in [6.07, 6.45) is 2.68. The van der Waals surface area contributed by atoms with Crippen LogP contribution in [0.3, 0.4) is 0 Å². The fraction of sp³-hybridized carbons (Fsp3) is 0.471. The molecule has 24 heavy (non-hydrogen) atoms. The Bertz CT molecular complexity index is 682. The minimum atomic E-state index is -0.502. The largest absolute Gasteiger partial charge is 0.491 e. The maximum Gasteiger partial charge on any atom is 0.491 e. The molecule has 1 saturated heterocycles. The van der Waals surface area contributed by atoms with Crippen molar-refractivity contribution in [1.82, 2.24) is 0 Å². The van der Waals surface area contributed by atoms with Crippen LogP contribution in [0, 0.1) is 0 Å². The predicted molar refractivity (Wildman–Crippen MR) is 95.9 cm³/mol. The standard InChI is InChI=1S/C17H21BO5S/c1-16(2)17(3,4)23-18(22-16)13(9-24)5-11-6-14-15(21-10-20-14)7-12(11)8-19/h5-8,24H,9-10H2,1-4H3. The topological polar surface area (TPSA) is 54.0 Å². The summed E-state index contributed by atoms with van der Waals surface area (Å²) in [5.74, 6) is 1.65. The molecule has 2 aliphatic heterocycles. The first kappa shape index (κ1) is 17.4. The van der Waals surface area contributed by atoms with Crippen molar-refractivity contribution in [3.8, 4) is 11.5 Å². The van der Waals surface area contributed by atoms with E-state index in [2.05, 4.69) is 12.6 Å². The number of benzene rings is 1. The van der Waals surface area contributed by atoms with Crippen LogP contribution >= 0.6 is 12.6 Å². The van der Waals surface area contributed by atoms with E-state index in [1.54, 1.807) is 12.1 Å². The lowest BCUT2D eigenvalue weighted by Crippen LogP contribution is -2.41. The molecule has 0 radical (unpaired) electrons. The Hall–Kier alpha value is -1.44. The highest BCUT2D eigenvalue weighted by atomic mass is 32.1. The van der Waals surface area contributed by atoms with E-state index < -0.39 is 18.3 Å². The van der Waals surface area contributed by atoms with Gasteiger partial charge in [-0.1, -0.05) is 6.08 Å². The molecule has 128 valence electrons. The van der Waals surface area contributed by atoms with Gasteiger partial charge >= 0.3 is 7.12 Å². The molecule has 7 heteroatoms. The molecule has 5 nitrogen and oxygen atoms in total. The quantitative estimate of drug-likeness (QED) is 0.515. The molecule has 0 bridgehead atoms. The number of hydrogen-bond acceptors (Lipinski definition) is 6. The van der Waals surface area contributed by atoms with Crippen molar-refractivity contribution in [2.75, 3.05) is 12.5 Å². The first-order chi connectivity index (χ1) is 11.3. The zero-order chi connectivity index (χ0) is 17.5. The van der Waals surface area contributed by atoms with E-state index >= 15 is 0 Å². The van der Waals surface area contributed by atoms with Gasteiger partial charge in [0.05, 0.1) is 11.2 Å². The van der Waals surface area contributed by atoms with Crippen molar-refractivity contribution >= 4 is 32.1 Å². The number of thiol groups is 1. The molecule has 2 aliphatic rings. The Morgan fingerprint density at radius 3 is 2.17 bits per heavy atom. The van der Waals surface area contributed by atoms with Crippen molar-refractivity contribution in [3.05, 3.63) is 28.7 Å². The van der Waals surface area contributed by atoms with Crippen LogP contribution in [0.1, 0.15) is 43.6 Å².